The van der Waals surface area contributed by atoms with Crippen molar-refractivity contribution >= 4 is 41.6 Å². The first-order chi connectivity index (χ1) is 5.11. The van der Waals surface area contributed by atoms with E-state index in [9.17, 15) is 14.4 Å². The molecule has 1 radical (unpaired) electrons. The molecule has 0 aromatic heterocycles. The number of rotatable bonds is 4. The van der Waals surface area contributed by atoms with E-state index in [1.54, 1.807) is 0 Å². The van der Waals surface area contributed by atoms with Crippen molar-refractivity contribution in [1.29, 1.82) is 0 Å². The smallest absolute Gasteiger partial charge is 0.220 e. The van der Waals surface area contributed by atoms with Crippen LogP contribution in [0, 0.1) is 0 Å². The first-order valence-corrected chi connectivity index (χ1v) is 4.31. The Morgan fingerprint density at radius 3 is 2.45 bits per heavy atom. The van der Waals surface area contributed by atoms with Gasteiger partial charge < -0.3 is 0 Å². The number of hydrogen-bond acceptors (Lipinski definition) is 5. The highest BCUT2D eigenvalue weighted by Crippen LogP contribution is 2.10. The lowest BCUT2D eigenvalue weighted by atomic mass is 10.3. The van der Waals surface area contributed by atoms with E-state index in [4.69, 9.17) is 0 Å². The van der Waals surface area contributed by atoms with Crippen LogP contribution in [-0.2, 0) is 14.4 Å². The third-order valence-corrected chi connectivity index (χ3v) is 2.08. The van der Waals surface area contributed by atoms with Gasteiger partial charge in [-0.15, -0.1) is 0 Å². The van der Waals surface area contributed by atoms with Crippen molar-refractivity contribution in [2.75, 3.05) is 5.75 Å². The fourth-order valence-corrected chi connectivity index (χ4v) is 1.31. The Labute approximate surface area is 74.3 Å². The van der Waals surface area contributed by atoms with Gasteiger partial charge in [0.25, 0.3) is 0 Å². The molecule has 0 aromatic rings. The van der Waals surface area contributed by atoms with Crippen LogP contribution in [0.1, 0.15) is 6.92 Å². The quantitative estimate of drug-likeness (QED) is 0.511. The molecule has 11 heavy (non-hydrogen) atoms. The number of carbonyl (C=O) groups is 2. The van der Waals surface area contributed by atoms with Crippen molar-refractivity contribution in [3.63, 3.8) is 0 Å². The molecule has 0 aromatic carbocycles. The number of thioether (sulfide) groups is 1. The van der Waals surface area contributed by atoms with Gasteiger partial charge in [-0.1, -0.05) is 11.8 Å². The van der Waals surface area contributed by atoms with Crippen LogP contribution in [0.4, 0.5) is 0 Å². The molecule has 0 spiro atoms. The van der Waals surface area contributed by atoms with Gasteiger partial charge in [-0.3, -0.25) is 14.4 Å². The van der Waals surface area contributed by atoms with Gasteiger partial charge >= 0.3 is 0 Å². The molecule has 1 unspecified atom stereocenters. The van der Waals surface area contributed by atoms with Crippen LogP contribution in [0.25, 0.3) is 0 Å². The van der Waals surface area contributed by atoms with E-state index in [0.717, 1.165) is 0 Å². The predicted molar refractivity (Wildman–Crippen MR) is 46.6 cm³/mol. The molecule has 0 saturated carbocycles. The molecule has 0 rings (SSSR count). The van der Waals surface area contributed by atoms with Crippen LogP contribution >= 0.6 is 24.4 Å². The minimum absolute atomic E-state index is 0.0415. The topological polar surface area (TPSA) is 51.2 Å². The fraction of sp³-hybridized carbons (Fsp3) is 0.500. The summed E-state index contributed by atoms with van der Waals surface area (Å²) < 4.78 is 0. The molecule has 61 valence electrons. The Morgan fingerprint density at radius 1 is 1.64 bits per heavy atom. The summed E-state index contributed by atoms with van der Waals surface area (Å²) in [5.74, 6) is -0.427. The van der Waals surface area contributed by atoms with E-state index in [1.165, 1.54) is 13.2 Å². The molecule has 0 aliphatic heterocycles. The molecule has 1 atom stereocenters. The zero-order valence-corrected chi connectivity index (χ0v) is 7.58. The maximum Gasteiger partial charge on any atom is 0.220 e. The molecule has 0 fully saturated rings. The zero-order valence-electron chi connectivity index (χ0n) is 5.86. The number of carbonyl (C=O) groups excluding carboxylic acids is 3. The molecule has 0 saturated heterocycles. The highest BCUT2D eigenvalue weighted by atomic mass is 32.2. The first kappa shape index (κ1) is 10.7. The Morgan fingerprint density at radius 2 is 2.18 bits per heavy atom. The van der Waals surface area contributed by atoms with Crippen molar-refractivity contribution < 1.29 is 14.4 Å². The third kappa shape index (κ3) is 4.21. The summed E-state index contributed by atoms with van der Waals surface area (Å²) in [7, 11) is 0. The van der Waals surface area contributed by atoms with Crippen LogP contribution in [0.3, 0.4) is 0 Å². The van der Waals surface area contributed by atoms with Crippen molar-refractivity contribution in [2.24, 2.45) is 0 Å². The van der Waals surface area contributed by atoms with Crippen molar-refractivity contribution in [2.45, 2.75) is 12.2 Å². The van der Waals surface area contributed by atoms with E-state index in [0.29, 0.717) is 11.8 Å². The average molecular weight is 191 g/mol. The molecule has 5 heteroatoms. The lowest BCUT2D eigenvalue weighted by molar-refractivity contribution is -0.115. The van der Waals surface area contributed by atoms with E-state index in [2.05, 4.69) is 12.6 Å². The minimum atomic E-state index is -0.995. The van der Waals surface area contributed by atoms with Crippen molar-refractivity contribution in [3.8, 4) is 0 Å². The molecule has 0 bridgehead atoms. The second-order valence-electron chi connectivity index (χ2n) is 1.73. The van der Waals surface area contributed by atoms with Crippen LogP contribution in [0.2, 0.25) is 0 Å². The number of Topliss-reactive ketones (excluding diaryl/α,β-unsaturated/α-hetero) is 1. The Kier molecular flexibility index (Phi) is 5.23. The summed E-state index contributed by atoms with van der Waals surface area (Å²) in [6.07, 6.45) is 1.48. The van der Waals surface area contributed by atoms with Gasteiger partial charge in [-0.2, -0.15) is 12.6 Å². The van der Waals surface area contributed by atoms with Gasteiger partial charge in [0.15, 0.2) is 10.9 Å². The maximum absolute atomic E-state index is 10.8. The lowest BCUT2D eigenvalue weighted by Crippen LogP contribution is -2.21. The molecule has 0 amide bonds. The second-order valence-corrected chi connectivity index (χ2v) is 3.33. The van der Waals surface area contributed by atoms with Gasteiger partial charge in [0.2, 0.25) is 6.29 Å². The van der Waals surface area contributed by atoms with E-state index < -0.39 is 5.25 Å². The lowest BCUT2D eigenvalue weighted by Gasteiger charge is -2.01. The minimum Gasteiger partial charge on any atom is -0.297 e. The van der Waals surface area contributed by atoms with Gasteiger partial charge in [0.1, 0.15) is 5.25 Å². The molecule has 0 N–H and O–H groups in total. The summed E-state index contributed by atoms with van der Waals surface area (Å²) in [6, 6.07) is 0. The molecule has 0 heterocycles. The number of thiol groups is 1. The summed E-state index contributed by atoms with van der Waals surface area (Å²) in [4.78, 5) is 31.3. The van der Waals surface area contributed by atoms with Gasteiger partial charge in [0, 0.05) is 6.92 Å². The molecular weight excluding hydrogens is 184 g/mol. The largest absolute Gasteiger partial charge is 0.297 e. The normalized spacial score (nSPS) is 12.2. The van der Waals surface area contributed by atoms with Crippen LogP contribution in [-0.4, -0.2) is 28.2 Å². The van der Waals surface area contributed by atoms with Crippen LogP contribution in [0.5, 0.6) is 0 Å². The maximum atomic E-state index is 10.8. The van der Waals surface area contributed by atoms with E-state index in [1.807, 2.05) is 0 Å². The highest BCUT2D eigenvalue weighted by molar-refractivity contribution is 8.15. The summed E-state index contributed by atoms with van der Waals surface area (Å²) in [5, 5.41) is -1.27. The molecular formula is C6H7O3S2. The predicted octanol–water partition coefficient (Wildman–Crippen LogP) is 0.243. The molecule has 0 aliphatic carbocycles. The van der Waals surface area contributed by atoms with E-state index in [-0.39, 0.29) is 16.7 Å². The third-order valence-electron chi connectivity index (χ3n) is 0.839. The first-order valence-electron chi connectivity index (χ1n) is 2.80. The number of ketones is 1. The summed E-state index contributed by atoms with van der Waals surface area (Å²) in [5.41, 5.74) is 0. The summed E-state index contributed by atoms with van der Waals surface area (Å²) in [6.45, 7) is 1.29. The average Bonchev–Trinajstić information content (AvgIpc) is 1.98. The highest BCUT2D eigenvalue weighted by Gasteiger charge is 2.19. The molecule has 3 nitrogen and oxygen atoms in total. The standard InChI is InChI=1S/C6H7O3S2/c1-4(8)11-6(2-7)5(9)3-10/h6,10H,3H2,1H3. The van der Waals surface area contributed by atoms with Crippen LogP contribution < -0.4 is 0 Å². The van der Waals surface area contributed by atoms with Gasteiger partial charge in [-0.25, -0.2) is 0 Å². The Hall–Kier alpha value is -0.290. The zero-order chi connectivity index (χ0) is 8.85. The van der Waals surface area contributed by atoms with E-state index >= 15 is 0 Å². The second kappa shape index (κ2) is 5.37. The Bertz CT molecular complexity index is 179. The SMILES string of the molecule is CC(=O)SC([C]=O)C(=O)CS. The van der Waals surface area contributed by atoms with Crippen LogP contribution in [0.15, 0.2) is 0 Å². The Balaban J connectivity index is 4.05. The fourth-order valence-electron chi connectivity index (χ4n) is 0.404. The monoisotopic (exact) mass is 191 g/mol. The van der Waals surface area contributed by atoms with Gasteiger partial charge in [0.05, 0.1) is 5.75 Å². The summed E-state index contributed by atoms with van der Waals surface area (Å²) >= 11 is 4.35. The van der Waals surface area contributed by atoms with Crippen molar-refractivity contribution in [1.82, 2.24) is 0 Å². The number of hydrogen-bond donors (Lipinski definition) is 1. The van der Waals surface area contributed by atoms with Gasteiger partial charge in [-0.05, 0) is 0 Å². The van der Waals surface area contributed by atoms with Crippen molar-refractivity contribution in [3.05, 3.63) is 0 Å². The molecule has 0 aliphatic rings.